The van der Waals surface area contributed by atoms with E-state index in [-0.39, 0.29) is 27.4 Å². The zero-order chi connectivity index (χ0) is 24.8. The molecule has 0 aliphatic rings. The molecule has 2 aromatic heterocycles. The lowest BCUT2D eigenvalue weighted by molar-refractivity contribution is 0.424. The molecule has 0 radical (unpaired) electrons. The van der Waals surface area contributed by atoms with Gasteiger partial charge < -0.3 is 20.2 Å². The smallest absolute Gasteiger partial charge is 0.259 e. The van der Waals surface area contributed by atoms with E-state index < -0.39 is 28.8 Å². The van der Waals surface area contributed by atoms with Gasteiger partial charge >= 0.3 is 0 Å². The number of aromatic nitrogens is 4. The fourth-order valence-corrected chi connectivity index (χ4v) is 4.57. The lowest BCUT2D eigenvalue weighted by Gasteiger charge is -2.19. The molecule has 3 rings (SSSR count). The topological polar surface area (TPSA) is 132 Å². The number of H-pyrrole nitrogens is 2. The number of nitrogens with zero attached hydrogens (tertiary/aromatic N) is 2. The second-order valence-corrected chi connectivity index (χ2v) is 9.69. The summed E-state index contributed by atoms with van der Waals surface area (Å²) in [6.45, 7) is 11.4. The Morgan fingerprint density at radius 1 is 0.853 bits per heavy atom. The van der Waals surface area contributed by atoms with Crippen molar-refractivity contribution in [3.63, 3.8) is 0 Å². The van der Waals surface area contributed by atoms with Crippen LogP contribution in [-0.2, 0) is 0 Å². The van der Waals surface area contributed by atoms with Crippen molar-refractivity contribution in [1.82, 2.24) is 19.9 Å². The molecule has 2 heterocycles. The van der Waals surface area contributed by atoms with Crippen molar-refractivity contribution in [3.8, 4) is 11.8 Å². The maximum absolute atomic E-state index is 13.1. The van der Waals surface area contributed by atoms with E-state index in [1.165, 1.54) is 23.5 Å². The third kappa shape index (κ3) is 5.63. The summed E-state index contributed by atoms with van der Waals surface area (Å²) in [5.41, 5.74) is 0.0143. The van der Waals surface area contributed by atoms with Gasteiger partial charge in [-0.05, 0) is 17.0 Å². The van der Waals surface area contributed by atoms with E-state index in [1.54, 1.807) is 24.3 Å². The Kier molecular flexibility index (Phi) is 8.41. The summed E-state index contributed by atoms with van der Waals surface area (Å²) >= 11 is 2.39. The highest BCUT2D eigenvalue weighted by Gasteiger charge is 2.31. The van der Waals surface area contributed by atoms with Crippen molar-refractivity contribution in [2.24, 2.45) is 0 Å². The number of aromatic hydroxyl groups is 2. The molecule has 0 aliphatic carbocycles. The van der Waals surface area contributed by atoms with Crippen molar-refractivity contribution in [2.75, 3.05) is 11.5 Å². The molecule has 0 atom stereocenters. The van der Waals surface area contributed by atoms with Crippen LogP contribution in [0.15, 0.2) is 69.5 Å². The Morgan fingerprint density at radius 3 is 1.62 bits per heavy atom. The van der Waals surface area contributed by atoms with Crippen molar-refractivity contribution in [2.45, 2.75) is 36.0 Å². The van der Waals surface area contributed by atoms with E-state index in [4.69, 9.17) is 0 Å². The summed E-state index contributed by atoms with van der Waals surface area (Å²) in [4.78, 5) is 39.6. The van der Waals surface area contributed by atoms with Crippen molar-refractivity contribution in [1.29, 1.82) is 0 Å². The van der Waals surface area contributed by atoms with E-state index >= 15 is 0 Å². The van der Waals surface area contributed by atoms with Gasteiger partial charge in [0, 0.05) is 11.5 Å². The third-order valence-electron chi connectivity index (χ3n) is 5.02. The molecule has 0 aliphatic heterocycles. The van der Waals surface area contributed by atoms with Crippen molar-refractivity contribution in [3.05, 3.63) is 92.5 Å². The summed E-state index contributed by atoms with van der Waals surface area (Å²) in [6, 6.07) is 7.29. The summed E-state index contributed by atoms with van der Waals surface area (Å²) in [5, 5.41) is 22.0. The van der Waals surface area contributed by atoms with E-state index in [9.17, 15) is 19.8 Å². The van der Waals surface area contributed by atoms with Crippen molar-refractivity contribution >= 4 is 23.5 Å². The SMILES string of the molecule is C=CCSc1nc(O)c(C(c2ccc(C(C)C)cc2)c2c(O)nc(SCC=C)[nH]c2=O)c(=O)[nH]1. The molecule has 3 aromatic rings. The van der Waals surface area contributed by atoms with Gasteiger partial charge in [-0.15, -0.1) is 13.2 Å². The summed E-state index contributed by atoms with van der Waals surface area (Å²) in [6.07, 6.45) is 3.29. The van der Waals surface area contributed by atoms with Crippen LogP contribution in [0.3, 0.4) is 0 Å². The zero-order valence-electron chi connectivity index (χ0n) is 18.9. The molecule has 1 aromatic carbocycles. The molecule has 34 heavy (non-hydrogen) atoms. The molecule has 0 bridgehead atoms. The van der Waals surface area contributed by atoms with Crippen LogP contribution in [0.1, 0.15) is 47.9 Å². The van der Waals surface area contributed by atoms with Gasteiger partial charge in [-0.2, -0.15) is 9.97 Å². The first kappa shape index (κ1) is 25.4. The van der Waals surface area contributed by atoms with E-state index in [0.29, 0.717) is 17.1 Å². The number of aromatic amines is 2. The standard InChI is InChI=1S/C24H26N4O4S2/c1-5-11-33-23-25-19(29)17(20(30)26-23)16(15-9-7-14(8-10-15)13(3)4)18-21(31)27-24(28-22(18)32)34-12-6-2/h5-10,13,16H,1-2,11-12H2,3-4H3,(H2,25,26,29,30)(H2,27,28,31,32). The van der Waals surface area contributed by atoms with Crippen LogP contribution < -0.4 is 11.1 Å². The van der Waals surface area contributed by atoms with Crippen LogP contribution in [0.5, 0.6) is 11.8 Å². The molecule has 178 valence electrons. The van der Waals surface area contributed by atoms with Crippen LogP contribution in [0.4, 0.5) is 0 Å². The second kappa shape index (κ2) is 11.3. The second-order valence-electron chi connectivity index (χ2n) is 7.67. The normalized spacial score (nSPS) is 11.2. The quantitative estimate of drug-likeness (QED) is 0.186. The highest BCUT2D eigenvalue weighted by atomic mass is 32.2. The summed E-state index contributed by atoms with van der Waals surface area (Å²) < 4.78 is 0. The largest absolute Gasteiger partial charge is 0.493 e. The van der Waals surface area contributed by atoms with Gasteiger partial charge in [0.1, 0.15) is 0 Å². The maximum Gasteiger partial charge on any atom is 0.259 e. The van der Waals surface area contributed by atoms with Crippen LogP contribution >= 0.6 is 23.5 Å². The summed E-state index contributed by atoms with van der Waals surface area (Å²) in [7, 11) is 0. The molecular formula is C24H26N4O4S2. The number of thioether (sulfide) groups is 2. The van der Waals surface area contributed by atoms with Crippen LogP contribution in [0, 0.1) is 0 Å². The predicted octanol–water partition coefficient (Wildman–Crippen LogP) is 4.12. The number of benzene rings is 1. The fourth-order valence-electron chi connectivity index (χ4n) is 3.38. The Bertz CT molecular complexity index is 1220. The molecule has 10 heteroatoms. The monoisotopic (exact) mass is 498 g/mol. The first-order valence-corrected chi connectivity index (χ1v) is 12.5. The van der Waals surface area contributed by atoms with Crippen LogP contribution in [0.2, 0.25) is 0 Å². The lowest BCUT2D eigenvalue weighted by atomic mass is 9.86. The number of nitrogens with one attached hydrogen (secondary N) is 2. The van der Waals surface area contributed by atoms with E-state index in [1.807, 2.05) is 26.0 Å². The Morgan fingerprint density at radius 2 is 1.26 bits per heavy atom. The Balaban J connectivity index is 2.23. The minimum absolute atomic E-state index is 0.158. The Hall–Kier alpha value is -3.24. The molecule has 0 saturated heterocycles. The molecule has 0 saturated carbocycles. The minimum Gasteiger partial charge on any atom is -0.493 e. The average molecular weight is 499 g/mol. The van der Waals surface area contributed by atoms with Gasteiger partial charge in [0.2, 0.25) is 11.8 Å². The molecule has 0 spiro atoms. The van der Waals surface area contributed by atoms with Gasteiger partial charge in [-0.25, -0.2) is 0 Å². The third-order valence-corrected chi connectivity index (χ3v) is 6.75. The van der Waals surface area contributed by atoms with E-state index in [2.05, 4.69) is 33.1 Å². The number of hydrogen-bond donors (Lipinski definition) is 4. The summed E-state index contributed by atoms with van der Waals surface area (Å²) in [5.74, 6) is -0.932. The van der Waals surface area contributed by atoms with Gasteiger partial charge in [0.25, 0.3) is 11.1 Å². The van der Waals surface area contributed by atoms with E-state index in [0.717, 1.165) is 5.56 Å². The van der Waals surface area contributed by atoms with Gasteiger partial charge in [0.15, 0.2) is 10.3 Å². The van der Waals surface area contributed by atoms with Crippen LogP contribution in [0.25, 0.3) is 0 Å². The highest BCUT2D eigenvalue weighted by Crippen LogP contribution is 2.36. The first-order chi connectivity index (χ1) is 16.3. The molecule has 0 unspecified atom stereocenters. The van der Waals surface area contributed by atoms with Gasteiger partial charge in [-0.3, -0.25) is 9.59 Å². The molecule has 0 amide bonds. The molecular weight excluding hydrogens is 472 g/mol. The van der Waals surface area contributed by atoms with Crippen LogP contribution in [-0.4, -0.2) is 41.7 Å². The number of hydrogen-bond acceptors (Lipinski definition) is 8. The van der Waals surface area contributed by atoms with Crippen molar-refractivity contribution < 1.29 is 10.2 Å². The highest BCUT2D eigenvalue weighted by molar-refractivity contribution is 7.99. The molecule has 8 nitrogen and oxygen atoms in total. The lowest BCUT2D eigenvalue weighted by Crippen LogP contribution is -2.26. The average Bonchev–Trinajstić information content (AvgIpc) is 2.79. The number of rotatable bonds is 10. The van der Waals surface area contributed by atoms with Gasteiger partial charge in [-0.1, -0.05) is 73.8 Å². The fraction of sp³-hybridized carbons (Fsp3) is 0.250. The maximum atomic E-state index is 13.1. The Labute approximate surface area is 205 Å². The molecule has 0 fully saturated rings. The van der Waals surface area contributed by atoms with Gasteiger partial charge in [0.05, 0.1) is 17.0 Å². The first-order valence-electron chi connectivity index (χ1n) is 10.5. The zero-order valence-corrected chi connectivity index (χ0v) is 20.5. The minimum atomic E-state index is -1.11. The molecule has 4 N–H and O–H groups in total. The predicted molar refractivity (Wildman–Crippen MR) is 136 cm³/mol.